The standard InChI is InChI=1S/C16H19F3N2O3S/c17-16(18,19)13-3-1-12(2-4-13)15(22)21-8-6-20(7-9-21)14-5-10-25(23,24)11-14/h1-4,14H,5-11H2/t14-/m1/s1. The number of piperazine rings is 1. The zero-order valence-corrected chi connectivity index (χ0v) is 14.3. The van der Waals surface area contributed by atoms with Crippen molar-refractivity contribution in [2.24, 2.45) is 0 Å². The minimum atomic E-state index is -4.42. The zero-order valence-electron chi connectivity index (χ0n) is 13.5. The summed E-state index contributed by atoms with van der Waals surface area (Å²) in [5, 5.41) is 0. The van der Waals surface area contributed by atoms with Gasteiger partial charge in [0.1, 0.15) is 0 Å². The number of amides is 1. The second-order valence-corrected chi connectivity index (χ2v) is 8.69. The average Bonchev–Trinajstić information content (AvgIpc) is 2.94. The van der Waals surface area contributed by atoms with Crippen molar-refractivity contribution in [2.75, 3.05) is 37.7 Å². The van der Waals surface area contributed by atoms with Gasteiger partial charge in [0.15, 0.2) is 9.84 Å². The lowest BCUT2D eigenvalue weighted by molar-refractivity contribution is -0.137. The molecule has 1 aromatic carbocycles. The number of alkyl halides is 3. The van der Waals surface area contributed by atoms with Gasteiger partial charge in [-0.15, -0.1) is 0 Å². The second kappa shape index (κ2) is 6.60. The van der Waals surface area contributed by atoms with Crippen molar-refractivity contribution in [1.82, 2.24) is 9.80 Å². The molecule has 1 aromatic rings. The van der Waals surface area contributed by atoms with E-state index in [4.69, 9.17) is 0 Å². The molecule has 0 aromatic heterocycles. The Bertz CT molecular complexity index is 739. The van der Waals surface area contributed by atoms with Crippen LogP contribution in [0.3, 0.4) is 0 Å². The van der Waals surface area contributed by atoms with Crippen molar-refractivity contribution >= 4 is 15.7 Å². The van der Waals surface area contributed by atoms with Crippen LogP contribution in [0.15, 0.2) is 24.3 Å². The van der Waals surface area contributed by atoms with Gasteiger partial charge in [0, 0.05) is 37.8 Å². The van der Waals surface area contributed by atoms with E-state index >= 15 is 0 Å². The smallest absolute Gasteiger partial charge is 0.336 e. The van der Waals surface area contributed by atoms with E-state index in [9.17, 15) is 26.4 Å². The fourth-order valence-electron chi connectivity index (χ4n) is 3.34. The molecule has 1 atom stereocenters. The fraction of sp³-hybridized carbons (Fsp3) is 0.562. The minimum Gasteiger partial charge on any atom is -0.336 e. The van der Waals surface area contributed by atoms with Crippen LogP contribution in [-0.2, 0) is 16.0 Å². The zero-order chi connectivity index (χ0) is 18.2. The third-order valence-electron chi connectivity index (χ3n) is 4.79. The van der Waals surface area contributed by atoms with Gasteiger partial charge in [-0.1, -0.05) is 0 Å². The van der Waals surface area contributed by atoms with E-state index < -0.39 is 21.6 Å². The van der Waals surface area contributed by atoms with Gasteiger partial charge in [-0.05, 0) is 30.7 Å². The maximum absolute atomic E-state index is 12.6. The molecule has 0 radical (unpaired) electrons. The molecule has 0 N–H and O–H groups in total. The number of hydrogen-bond donors (Lipinski definition) is 0. The van der Waals surface area contributed by atoms with Gasteiger partial charge in [0.2, 0.25) is 0 Å². The molecule has 3 rings (SSSR count). The Hall–Kier alpha value is -1.61. The van der Waals surface area contributed by atoms with Crippen LogP contribution in [0.2, 0.25) is 0 Å². The summed E-state index contributed by atoms with van der Waals surface area (Å²) in [5.74, 6) is 0.0785. The van der Waals surface area contributed by atoms with Crippen molar-refractivity contribution in [3.05, 3.63) is 35.4 Å². The van der Waals surface area contributed by atoms with Gasteiger partial charge >= 0.3 is 6.18 Å². The highest BCUT2D eigenvalue weighted by atomic mass is 32.2. The minimum absolute atomic E-state index is 0.00770. The van der Waals surface area contributed by atoms with Crippen LogP contribution in [0.1, 0.15) is 22.3 Å². The fourth-order valence-corrected chi connectivity index (χ4v) is 5.10. The second-order valence-electron chi connectivity index (χ2n) is 6.46. The molecule has 2 heterocycles. The van der Waals surface area contributed by atoms with E-state index in [1.54, 1.807) is 4.90 Å². The highest BCUT2D eigenvalue weighted by Crippen LogP contribution is 2.29. The molecule has 0 saturated carbocycles. The predicted octanol–water partition coefficient (Wildman–Crippen LogP) is 1.65. The molecule has 2 saturated heterocycles. The number of halogens is 3. The van der Waals surface area contributed by atoms with Crippen molar-refractivity contribution in [3.63, 3.8) is 0 Å². The van der Waals surface area contributed by atoms with Crippen LogP contribution in [0, 0.1) is 0 Å². The van der Waals surface area contributed by atoms with E-state index in [2.05, 4.69) is 4.90 Å². The highest BCUT2D eigenvalue weighted by molar-refractivity contribution is 7.91. The van der Waals surface area contributed by atoms with E-state index in [1.807, 2.05) is 0 Å². The number of nitrogens with zero attached hydrogens (tertiary/aromatic N) is 2. The van der Waals surface area contributed by atoms with Gasteiger partial charge in [-0.2, -0.15) is 13.2 Å². The van der Waals surface area contributed by atoms with Gasteiger partial charge in [-0.3, -0.25) is 9.69 Å². The molecule has 5 nitrogen and oxygen atoms in total. The Balaban J connectivity index is 1.58. The Labute approximate surface area is 144 Å². The van der Waals surface area contributed by atoms with E-state index in [0.717, 1.165) is 12.1 Å². The molecule has 2 fully saturated rings. The lowest BCUT2D eigenvalue weighted by Crippen LogP contribution is -2.52. The molecule has 0 spiro atoms. The topological polar surface area (TPSA) is 57.7 Å². The number of hydrogen-bond acceptors (Lipinski definition) is 4. The van der Waals surface area contributed by atoms with Crippen LogP contribution in [0.4, 0.5) is 13.2 Å². The quantitative estimate of drug-likeness (QED) is 0.788. The molecular formula is C16H19F3N2O3S. The maximum Gasteiger partial charge on any atom is 0.416 e. The number of carbonyl (C=O) groups is 1. The van der Waals surface area contributed by atoms with Crippen LogP contribution >= 0.6 is 0 Å². The summed E-state index contributed by atoms with van der Waals surface area (Å²) in [5.41, 5.74) is -0.554. The summed E-state index contributed by atoms with van der Waals surface area (Å²) in [4.78, 5) is 16.1. The van der Waals surface area contributed by atoms with E-state index in [1.165, 1.54) is 12.1 Å². The summed E-state index contributed by atoms with van der Waals surface area (Å²) >= 11 is 0. The normalized spacial score (nSPS) is 24.4. The molecule has 0 aliphatic carbocycles. The Morgan fingerprint density at radius 1 is 1.04 bits per heavy atom. The Kier molecular flexibility index (Phi) is 4.80. The van der Waals surface area contributed by atoms with Crippen molar-refractivity contribution < 1.29 is 26.4 Å². The molecule has 1 amide bonds. The first kappa shape index (κ1) is 18.2. The highest BCUT2D eigenvalue weighted by Gasteiger charge is 2.35. The summed E-state index contributed by atoms with van der Waals surface area (Å²) in [6, 6.07) is 4.22. The third-order valence-corrected chi connectivity index (χ3v) is 6.54. The van der Waals surface area contributed by atoms with Gasteiger partial charge < -0.3 is 4.90 Å². The first-order valence-corrected chi connectivity index (χ1v) is 9.89. The lowest BCUT2D eigenvalue weighted by Gasteiger charge is -2.37. The summed E-state index contributed by atoms with van der Waals surface area (Å²) in [6.07, 6.45) is -3.80. The van der Waals surface area contributed by atoms with Crippen LogP contribution < -0.4 is 0 Å². The summed E-state index contributed by atoms with van der Waals surface area (Å²) in [7, 11) is -2.95. The molecule has 25 heavy (non-hydrogen) atoms. The summed E-state index contributed by atoms with van der Waals surface area (Å²) in [6.45, 7) is 2.03. The molecule has 9 heteroatoms. The lowest BCUT2D eigenvalue weighted by atomic mass is 10.1. The van der Waals surface area contributed by atoms with E-state index in [-0.39, 0.29) is 29.0 Å². The predicted molar refractivity (Wildman–Crippen MR) is 86.0 cm³/mol. The van der Waals surface area contributed by atoms with Crippen molar-refractivity contribution in [1.29, 1.82) is 0 Å². The van der Waals surface area contributed by atoms with E-state index in [0.29, 0.717) is 32.6 Å². The largest absolute Gasteiger partial charge is 0.416 e. The SMILES string of the molecule is O=C(c1ccc(C(F)(F)F)cc1)N1CCN([C@@H]2CCS(=O)(=O)C2)CC1. The van der Waals surface area contributed by atoms with Crippen molar-refractivity contribution in [2.45, 2.75) is 18.6 Å². The maximum atomic E-state index is 12.6. The van der Waals surface area contributed by atoms with Gasteiger partial charge in [0.25, 0.3) is 5.91 Å². The Morgan fingerprint density at radius 3 is 2.12 bits per heavy atom. The summed E-state index contributed by atoms with van der Waals surface area (Å²) < 4.78 is 60.9. The first-order valence-electron chi connectivity index (χ1n) is 8.07. The molecule has 2 aliphatic heterocycles. The molecular weight excluding hydrogens is 357 g/mol. The molecule has 0 bridgehead atoms. The molecule has 138 valence electrons. The molecule has 2 aliphatic rings. The van der Waals surface area contributed by atoms with Gasteiger partial charge in [-0.25, -0.2) is 8.42 Å². The number of carbonyl (C=O) groups excluding carboxylic acids is 1. The van der Waals surface area contributed by atoms with Crippen LogP contribution in [0.5, 0.6) is 0 Å². The molecule has 0 unspecified atom stereocenters. The Morgan fingerprint density at radius 2 is 1.64 bits per heavy atom. The number of rotatable bonds is 2. The van der Waals surface area contributed by atoms with Crippen LogP contribution in [-0.4, -0.2) is 67.9 Å². The monoisotopic (exact) mass is 376 g/mol. The average molecular weight is 376 g/mol. The number of sulfone groups is 1. The first-order chi connectivity index (χ1) is 11.7. The van der Waals surface area contributed by atoms with Crippen molar-refractivity contribution in [3.8, 4) is 0 Å². The van der Waals surface area contributed by atoms with Gasteiger partial charge in [0.05, 0.1) is 17.1 Å². The number of benzene rings is 1. The van der Waals surface area contributed by atoms with Crippen LogP contribution in [0.25, 0.3) is 0 Å². The third kappa shape index (κ3) is 4.14.